The fourth-order valence-electron chi connectivity index (χ4n) is 4.34. The van der Waals surface area contributed by atoms with Gasteiger partial charge in [-0.3, -0.25) is 4.79 Å². The van der Waals surface area contributed by atoms with Crippen LogP contribution in [0.1, 0.15) is 60.0 Å². The first kappa shape index (κ1) is 25.5. The van der Waals surface area contributed by atoms with Crippen molar-refractivity contribution >= 4 is 17.5 Å². The van der Waals surface area contributed by atoms with Crippen molar-refractivity contribution in [2.75, 3.05) is 6.54 Å². The number of carbonyl (C=O) groups is 1. The Hall–Kier alpha value is -2.09. The Bertz CT molecular complexity index is 917. The molecule has 180 valence electrons. The highest BCUT2D eigenvalue weighted by atomic mass is 35.5. The summed E-state index contributed by atoms with van der Waals surface area (Å²) in [5.41, 5.74) is 0.190. The molecule has 2 aromatic rings. The molecule has 1 aliphatic carbocycles. The number of aliphatic hydroxyl groups is 1. The molecule has 1 amide bonds. The van der Waals surface area contributed by atoms with Gasteiger partial charge in [0.2, 0.25) is 0 Å². The second kappa shape index (κ2) is 11.9. The fourth-order valence-corrected chi connectivity index (χ4v) is 4.53. The summed E-state index contributed by atoms with van der Waals surface area (Å²) in [4.78, 5) is 12.8. The summed E-state index contributed by atoms with van der Waals surface area (Å²) in [5, 5.41) is 17.3. The van der Waals surface area contributed by atoms with E-state index in [1.165, 1.54) is 12.5 Å². The van der Waals surface area contributed by atoms with Crippen LogP contribution in [0.2, 0.25) is 5.02 Å². The minimum atomic E-state index is -4.40. The number of rotatable bonds is 9. The Morgan fingerprint density at radius 3 is 2.52 bits per heavy atom. The quantitative estimate of drug-likeness (QED) is 0.437. The summed E-state index contributed by atoms with van der Waals surface area (Å²) in [6, 6.07) is 11.2. The maximum Gasteiger partial charge on any atom is 0.416 e. The van der Waals surface area contributed by atoms with Gasteiger partial charge in [0.1, 0.15) is 0 Å². The number of aliphatic hydroxyl groups excluding tert-OH is 1. The SMILES string of the molecule is O=C(N[C@@H](CC1CCCCC1)[C@H](O)CNCc1cccc(C(F)(F)F)c1)c1cccc(Cl)c1. The molecule has 8 heteroatoms. The first-order chi connectivity index (χ1) is 15.7. The monoisotopic (exact) mass is 482 g/mol. The summed E-state index contributed by atoms with van der Waals surface area (Å²) in [7, 11) is 0. The van der Waals surface area contributed by atoms with Crippen LogP contribution in [0.4, 0.5) is 13.2 Å². The van der Waals surface area contributed by atoms with E-state index < -0.39 is 23.9 Å². The fraction of sp³-hybridized carbons (Fsp3) is 0.480. The second-order valence-electron chi connectivity index (χ2n) is 8.73. The third-order valence-electron chi connectivity index (χ3n) is 6.12. The predicted molar refractivity (Wildman–Crippen MR) is 123 cm³/mol. The molecule has 3 N–H and O–H groups in total. The van der Waals surface area contributed by atoms with Crippen molar-refractivity contribution in [1.82, 2.24) is 10.6 Å². The molecule has 0 spiro atoms. The van der Waals surface area contributed by atoms with E-state index in [2.05, 4.69) is 10.6 Å². The van der Waals surface area contributed by atoms with Gasteiger partial charge in [0.25, 0.3) is 5.91 Å². The zero-order valence-corrected chi connectivity index (χ0v) is 19.1. The Labute approximate surface area is 197 Å². The number of halogens is 4. The summed E-state index contributed by atoms with van der Waals surface area (Å²) in [6.45, 7) is 0.322. The van der Waals surface area contributed by atoms with Crippen molar-refractivity contribution in [3.63, 3.8) is 0 Å². The third-order valence-corrected chi connectivity index (χ3v) is 6.35. The van der Waals surface area contributed by atoms with Crippen molar-refractivity contribution in [2.45, 2.75) is 63.4 Å². The minimum Gasteiger partial charge on any atom is -0.390 e. The average molecular weight is 483 g/mol. The van der Waals surface area contributed by atoms with Crippen LogP contribution in [0.15, 0.2) is 48.5 Å². The highest BCUT2D eigenvalue weighted by Gasteiger charge is 2.30. The van der Waals surface area contributed by atoms with Gasteiger partial charge < -0.3 is 15.7 Å². The largest absolute Gasteiger partial charge is 0.416 e. The number of carbonyl (C=O) groups excluding carboxylic acids is 1. The molecule has 0 bridgehead atoms. The van der Waals surface area contributed by atoms with Crippen molar-refractivity contribution in [3.8, 4) is 0 Å². The van der Waals surface area contributed by atoms with E-state index in [0.29, 0.717) is 28.5 Å². The van der Waals surface area contributed by atoms with Gasteiger partial charge in [0.05, 0.1) is 17.7 Å². The minimum absolute atomic E-state index is 0.142. The second-order valence-corrected chi connectivity index (χ2v) is 9.16. The molecule has 0 aromatic heterocycles. The maximum atomic E-state index is 12.9. The Kier molecular flexibility index (Phi) is 9.18. The molecule has 33 heavy (non-hydrogen) atoms. The normalized spacial score (nSPS) is 16.9. The number of benzene rings is 2. The molecule has 1 fully saturated rings. The molecule has 2 atom stereocenters. The number of alkyl halides is 3. The smallest absolute Gasteiger partial charge is 0.390 e. The summed E-state index contributed by atoms with van der Waals surface area (Å²) in [6.07, 6.45) is 0.983. The van der Waals surface area contributed by atoms with Gasteiger partial charge in [-0.15, -0.1) is 0 Å². The molecule has 1 saturated carbocycles. The average Bonchev–Trinajstić information content (AvgIpc) is 2.79. The van der Waals surface area contributed by atoms with Gasteiger partial charge in [0.15, 0.2) is 0 Å². The van der Waals surface area contributed by atoms with Gasteiger partial charge in [-0.2, -0.15) is 13.2 Å². The molecule has 4 nitrogen and oxygen atoms in total. The summed E-state index contributed by atoms with van der Waals surface area (Å²) in [5.74, 6) is 0.108. The molecule has 0 radical (unpaired) electrons. The van der Waals surface area contributed by atoms with Gasteiger partial charge in [-0.25, -0.2) is 0 Å². The van der Waals surface area contributed by atoms with Gasteiger partial charge in [-0.1, -0.05) is 68.0 Å². The number of hydrogen-bond donors (Lipinski definition) is 3. The van der Waals surface area contributed by atoms with E-state index in [-0.39, 0.29) is 19.0 Å². The molecule has 0 unspecified atom stereocenters. The molecule has 3 rings (SSSR count). The van der Waals surface area contributed by atoms with E-state index in [0.717, 1.165) is 37.8 Å². The van der Waals surface area contributed by atoms with E-state index in [9.17, 15) is 23.1 Å². The first-order valence-corrected chi connectivity index (χ1v) is 11.7. The number of hydrogen-bond acceptors (Lipinski definition) is 3. The topological polar surface area (TPSA) is 61.4 Å². The van der Waals surface area contributed by atoms with Crippen LogP contribution < -0.4 is 10.6 Å². The van der Waals surface area contributed by atoms with E-state index >= 15 is 0 Å². The van der Waals surface area contributed by atoms with Crippen LogP contribution >= 0.6 is 11.6 Å². The lowest BCUT2D eigenvalue weighted by Crippen LogP contribution is -2.48. The van der Waals surface area contributed by atoms with Crippen LogP contribution in [0, 0.1) is 5.92 Å². The van der Waals surface area contributed by atoms with Crippen LogP contribution in [-0.2, 0) is 12.7 Å². The summed E-state index contributed by atoms with van der Waals surface area (Å²) >= 11 is 6.00. The van der Waals surface area contributed by atoms with Crippen molar-refractivity contribution in [3.05, 3.63) is 70.2 Å². The third kappa shape index (κ3) is 8.02. The maximum absolute atomic E-state index is 12.9. The van der Waals surface area contributed by atoms with E-state index in [1.54, 1.807) is 30.3 Å². The lowest BCUT2D eigenvalue weighted by molar-refractivity contribution is -0.137. The molecule has 0 saturated heterocycles. The lowest BCUT2D eigenvalue weighted by Gasteiger charge is -2.30. The first-order valence-electron chi connectivity index (χ1n) is 11.3. The number of nitrogens with one attached hydrogen (secondary N) is 2. The standard InChI is InChI=1S/C25H30ClF3N2O2/c26-21-11-5-9-19(14-21)24(33)31-22(13-17-6-2-1-3-7-17)23(32)16-30-15-18-8-4-10-20(12-18)25(27,28)29/h4-5,8-12,14,17,22-23,30,32H,1-3,6-7,13,15-16H2,(H,31,33)/t22-,23+/m0/s1. The highest BCUT2D eigenvalue weighted by molar-refractivity contribution is 6.30. The van der Waals surface area contributed by atoms with Crippen LogP contribution in [-0.4, -0.2) is 29.7 Å². The van der Waals surface area contributed by atoms with Crippen LogP contribution in [0.5, 0.6) is 0 Å². The van der Waals surface area contributed by atoms with Gasteiger partial charge >= 0.3 is 6.18 Å². The van der Waals surface area contributed by atoms with Crippen molar-refractivity contribution in [2.24, 2.45) is 5.92 Å². The van der Waals surface area contributed by atoms with Gasteiger partial charge in [-0.05, 0) is 42.2 Å². The van der Waals surface area contributed by atoms with Crippen molar-refractivity contribution in [1.29, 1.82) is 0 Å². The van der Waals surface area contributed by atoms with Crippen LogP contribution in [0.25, 0.3) is 0 Å². The zero-order valence-electron chi connectivity index (χ0n) is 18.4. The zero-order chi connectivity index (χ0) is 23.8. The summed E-state index contributed by atoms with van der Waals surface area (Å²) < 4.78 is 38.8. The van der Waals surface area contributed by atoms with E-state index in [1.807, 2.05) is 0 Å². The molecular formula is C25H30ClF3N2O2. The molecule has 1 aliphatic rings. The molecule has 0 aliphatic heterocycles. The van der Waals surface area contributed by atoms with E-state index in [4.69, 9.17) is 11.6 Å². The van der Waals surface area contributed by atoms with Crippen molar-refractivity contribution < 1.29 is 23.1 Å². The Balaban J connectivity index is 1.61. The highest BCUT2D eigenvalue weighted by Crippen LogP contribution is 2.30. The Morgan fingerprint density at radius 1 is 1.09 bits per heavy atom. The lowest BCUT2D eigenvalue weighted by atomic mass is 9.83. The van der Waals surface area contributed by atoms with Crippen LogP contribution in [0.3, 0.4) is 0 Å². The number of amides is 1. The molecule has 2 aromatic carbocycles. The van der Waals surface area contributed by atoms with Gasteiger partial charge in [0, 0.05) is 23.7 Å². The predicted octanol–water partition coefficient (Wildman–Crippen LogP) is 5.58. The Morgan fingerprint density at radius 2 is 1.82 bits per heavy atom. The molecular weight excluding hydrogens is 453 g/mol. The molecule has 0 heterocycles.